The second-order valence-corrected chi connectivity index (χ2v) is 7.97. The monoisotopic (exact) mass is 392 g/mol. The highest BCUT2D eigenvalue weighted by Crippen LogP contribution is 2.26. The molecule has 2 heterocycles. The van der Waals surface area contributed by atoms with E-state index in [1.807, 2.05) is 6.92 Å². The fourth-order valence-electron chi connectivity index (χ4n) is 3.93. The van der Waals surface area contributed by atoms with Crippen LogP contribution in [0.25, 0.3) is 0 Å². The molecule has 152 valence electrons. The third-order valence-corrected chi connectivity index (χ3v) is 5.82. The average Bonchev–Trinajstić information content (AvgIpc) is 3.12. The zero-order valence-electron chi connectivity index (χ0n) is 15.6. The molecule has 26 heavy (non-hydrogen) atoms. The van der Waals surface area contributed by atoms with Crippen molar-refractivity contribution in [1.29, 1.82) is 0 Å². The van der Waals surface area contributed by atoms with E-state index in [0.717, 1.165) is 19.5 Å². The predicted molar refractivity (Wildman–Crippen MR) is 101 cm³/mol. The van der Waals surface area contributed by atoms with E-state index in [9.17, 15) is 4.39 Å². The number of rotatable bonds is 8. The summed E-state index contributed by atoms with van der Waals surface area (Å²) in [5.74, 6) is 0. The number of nitrogens with one attached hydrogen (secondary N) is 5. The van der Waals surface area contributed by atoms with Crippen molar-refractivity contribution in [2.75, 3.05) is 32.8 Å². The van der Waals surface area contributed by atoms with Crippen LogP contribution >= 0.6 is 11.6 Å². The van der Waals surface area contributed by atoms with Gasteiger partial charge in [-0.25, -0.2) is 4.39 Å². The smallest absolute Gasteiger partial charge is 0.167 e. The third-order valence-electron chi connectivity index (χ3n) is 5.37. The summed E-state index contributed by atoms with van der Waals surface area (Å²) in [5.41, 5.74) is 0. The molecule has 6 atom stereocenters. The third kappa shape index (κ3) is 6.24. The van der Waals surface area contributed by atoms with Crippen molar-refractivity contribution in [3.8, 4) is 0 Å². The Morgan fingerprint density at radius 3 is 2.65 bits per heavy atom. The molecule has 3 fully saturated rings. The molecule has 0 radical (unpaired) electrons. The Morgan fingerprint density at radius 2 is 1.92 bits per heavy atom. The van der Waals surface area contributed by atoms with Crippen molar-refractivity contribution in [2.24, 2.45) is 0 Å². The standard InChI is InChI=1S/C17H34ClFN6O/c1-2-26-17-23-15(20-7-10-25-8-3-4-9-25)22-16(24-17)21-12-5-6-14(19)13(18)11-12/h12-17,20-24H,2-11H2,1H3. The number of alkyl halides is 2. The minimum Gasteiger partial charge on any atom is -0.350 e. The SMILES string of the molecule is CCOC1NC(NCCN2CCCC2)NC(NC2CCC(F)C(Cl)C2)N1. The summed E-state index contributed by atoms with van der Waals surface area (Å²) in [4.78, 5) is 2.49. The molecule has 1 saturated carbocycles. The Kier molecular flexibility index (Phi) is 8.33. The highest BCUT2D eigenvalue weighted by molar-refractivity contribution is 6.21. The van der Waals surface area contributed by atoms with Crippen LogP contribution in [0.3, 0.4) is 0 Å². The van der Waals surface area contributed by atoms with E-state index in [1.54, 1.807) is 0 Å². The molecule has 0 spiro atoms. The molecular weight excluding hydrogens is 359 g/mol. The minimum atomic E-state index is -0.889. The lowest BCUT2D eigenvalue weighted by molar-refractivity contribution is -0.0459. The molecule has 0 amide bonds. The first kappa shape index (κ1) is 20.7. The number of ether oxygens (including phenoxy) is 1. The highest BCUT2D eigenvalue weighted by atomic mass is 35.5. The molecule has 2 aliphatic heterocycles. The van der Waals surface area contributed by atoms with Gasteiger partial charge in [-0.05, 0) is 52.1 Å². The van der Waals surface area contributed by atoms with E-state index in [-0.39, 0.29) is 25.0 Å². The molecule has 0 bridgehead atoms. The van der Waals surface area contributed by atoms with Crippen molar-refractivity contribution in [3.05, 3.63) is 0 Å². The Labute approximate surface area is 161 Å². The first-order valence-corrected chi connectivity index (χ1v) is 10.5. The largest absolute Gasteiger partial charge is 0.350 e. The first-order valence-electron chi connectivity index (χ1n) is 10.0. The van der Waals surface area contributed by atoms with E-state index in [4.69, 9.17) is 16.3 Å². The van der Waals surface area contributed by atoms with E-state index in [1.165, 1.54) is 25.9 Å². The van der Waals surface area contributed by atoms with Gasteiger partial charge in [-0.1, -0.05) is 0 Å². The molecule has 2 saturated heterocycles. The summed E-state index contributed by atoms with van der Waals surface area (Å²) >= 11 is 6.11. The molecule has 0 aromatic heterocycles. The van der Waals surface area contributed by atoms with E-state index in [2.05, 4.69) is 31.5 Å². The summed E-state index contributed by atoms with van der Waals surface area (Å²) in [6.45, 7) is 6.97. The minimum absolute atomic E-state index is 0.0581. The van der Waals surface area contributed by atoms with Gasteiger partial charge in [0.15, 0.2) is 6.35 Å². The molecule has 3 rings (SSSR count). The number of hydrogen-bond acceptors (Lipinski definition) is 7. The van der Waals surface area contributed by atoms with Crippen LogP contribution in [-0.4, -0.2) is 74.2 Å². The topological polar surface area (TPSA) is 72.6 Å². The van der Waals surface area contributed by atoms with Crippen LogP contribution in [0, 0.1) is 0 Å². The highest BCUT2D eigenvalue weighted by Gasteiger charge is 2.33. The van der Waals surface area contributed by atoms with E-state index < -0.39 is 11.5 Å². The zero-order valence-corrected chi connectivity index (χ0v) is 16.4. The maximum atomic E-state index is 13.6. The van der Waals surface area contributed by atoms with Crippen LogP contribution in [0.15, 0.2) is 0 Å². The van der Waals surface area contributed by atoms with Crippen LogP contribution in [0.2, 0.25) is 0 Å². The maximum absolute atomic E-state index is 13.6. The van der Waals surface area contributed by atoms with Gasteiger partial charge in [-0.3, -0.25) is 26.6 Å². The van der Waals surface area contributed by atoms with Crippen molar-refractivity contribution in [1.82, 2.24) is 31.5 Å². The lowest BCUT2D eigenvalue weighted by Gasteiger charge is -2.41. The fraction of sp³-hybridized carbons (Fsp3) is 1.00. The summed E-state index contributed by atoms with van der Waals surface area (Å²) in [6.07, 6.45) is 3.26. The summed E-state index contributed by atoms with van der Waals surface area (Å²) in [5, 5.41) is 16.8. The van der Waals surface area contributed by atoms with Crippen molar-refractivity contribution < 1.29 is 9.13 Å². The van der Waals surface area contributed by atoms with Gasteiger partial charge in [-0.15, -0.1) is 11.6 Å². The summed E-state index contributed by atoms with van der Waals surface area (Å²) in [7, 11) is 0. The zero-order chi connectivity index (χ0) is 18.4. The molecule has 0 aromatic carbocycles. The first-order chi connectivity index (χ1) is 12.6. The Balaban J connectivity index is 1.45. The number of nitrogens with zero attached hydrogens (tertiary/aromatic N) is 1. The molecule has 7 nitrogen and oxygen atoms in total. The molecule has 0 aromatic rings. The van der Waals surface area contributed by atoms with Crippen LogP contribution in [0.5, 0.6) is 0 Å². The number of halogens is 2. The second-order valence-electron chi connectivity index (χ2n) is 7.41. The Hall–Kier alpha value is -0.0600. The van der Waals surface area contributed by atoms with E-state index in [0.29, 0.717) is 19.4 Å². The van der Waals surface area contributed by atoms with Crippen molar-refractivity contribution >= 4 is 11.6 Å². The van der Waals surface area contributed by atoms with Crippen LogP contribution < -0.4 is 26.6 Å². The lowest BCUT2D eigenvalue weighted by atomic mass is 9.93. The summed E-state index contributed by atoms with van der Waals surface area (Å²) in [6, 6.07) is 0.195. The quantitative estimate of drug-likeness (QED) is 0.384. The van der Waals surface area contributed by atoms with Gasteiger partial charge in [0.05, 0.1) is 5.38 Å². The van der Waals surface area contributed by atoms with Gasteiger partial charge in [0.1, 0.15) is 18.8 Å². The van der Waals surface area contributed by atoms with Crippen molar-refractivity contribution in [2.45, 2.75) is 75.5 Å². The fourth-order valence-corrected chi connectivity index (χ4v) is 4.27. The van der Waals surface area contributed by atoms with Crippen LogP contribution in [0.1, 0.15) is 39.0 Å². The Bertz CT molecular complexity index is 417. The summed E-state index contributed by atoms with van der Waals surface area (Å²) < 4.78 is 19.3. The van der Waals surface area contributed by atoms with Crippen LogP contribution in [-0.2, 0) is 4.74 Å². The van der Waals surface area contributed by atoms with Gasteiger partial charge in [-0.2, -0.15) is 0 Å². The number of hydrogen-bond donors (Lipinski definition) is 5. The molecular formula is C17H34ClFN6O. The average molecular weight is 393 g/mol. The molecule has 3 aliphatic rings. The van der Waals surface area contributed by atoms with Gasteiger partial charge in [0.2, 0.25) is 0 Å². The predicted octanol–water partition coefficient (Wildman–Crippen LogP) is 0.429. The molecule has 1 aliphatic carbocycles. The van der Waals surface area contributed by atoms with Crippen LogP contribution in [0.4, 0.5) is 4.39 Å². The van der Waals surface area contributed by atoms with E-state index >= 15 is 0 Å². The van der Waals surface area contributed by atoms with Gasteiger partial charge in [0, 0.05) is 25.7 Å². The Morgan fingerprint density at radius 1 is 1.15 bits per heavy atom. The molecule has 9 heteroatoms. The molecule has 6 unspecified atom stereocenters. The second kappa shape index (κ2) is 10.5. The van der Waals surface area contributed by atoms with Gasteiger partial charge >= 0.3 is 0 Å². The maximum Gasteiger partial charge on any atom is 0.167 e. The van der Waals surface area contributed by atoms with Gasteiger partial charge in [0.25, 0.3) is 0 Å². The lowest BCUT2D eigenvalue weighted by Crippen LogP contribution is -2.76. The normalized spacial score (nSPS) is 39.3. The van der Waals surface area contributed by atoms with Gasteiger partial charge < -0.3 is 9.64 Å². The molecule has 5 N–H and O–H groups in total. The van der Waals surface area contributed by atoms with Crippen molar-refractivity contribution in [3.63, 3.8) is 0 Å². The number of likely N-dealkylation sites (tertiary alicyclic amines) is 1.